The van der Waals surface area contributed by atoms with Gasteiger partial charge < -0.3 is 10.0 Å². The zero-order chi connectivity index (χ0) is 15.5. The molecule has 0 saturated carbocycles. The monoisotopic (exact) mass is 289 g/mol. The lowest BCUT2D eigenvalue weighted by molar-refractivity contribution is -0.132. The first kappa shape index (κ1) is 16.0. The van der Waals surface area contributed by atoms with E-state index in [0.717, 1.165) is 24.9 Å². The molecule has 116 valence electrons. The summed E-state index contributed by atoms with van der Waals surface area (Å²) in [5.41, 5.74) is 1.12. The van der Waals surface area contributed by atoms with E-state index in [1.54, 1.807) is 0 Å². The van der Waals surface area contributed by atoms with Crippen molar-refractivity contribution in [3.05, 3.63) is 35.9 Å². The summed E-state index contributed by atoms with van der Waals surface area (Å²) in [4.78, 5) is 14.1. The summed E-state index contributed by atoms with van der Waals surface area (Å²) in [5, 5.41) is 10.3. The number of benzene rings is 1. The van der Waals surface area contributed by atoms with Crippen LogP contribution in [0.3, 0.4) is 0 Å². The van der Waals surface area contributed by atoms with Crippen molar-refractivity contribution in [3.63, 3.8) is 0 Å². The second kappa shape index (κ2) is 6.61. The molecule has 1 saturated heterocycles. The predicted molar refractivity (Wildman–Crippen MR) is 84.8 cm³/mol. The Labute approximate surface area is 128 Å². The number of hydrogen-bond donors (Lipinski definition) is 1. The molecule has 1 heterocycles. The van der Waals surface area contributed by atoms with Gasteiger partial charge in [-0.15, -0.1) is 0 Å². The largest absolute Gasteiger partial charge is 0.387 e. The van der Waals surface area contributed by atoms with Gasteiger partial charge in [-0.2, -0.15) is 0 Å². The average Bonchev–Trinajstić information content (AvgIpc) is 2.62. The van der Waals surface area contributed by atoms with Crippen LogP contribution in [0.4, 0.5) is 0 Å². The maximum Gasteiger partial charge on any atom is 0.222 e. The molecular formula is C18H27NO2. The lowest BCUT2D eigenvalue weighted by Gasteiger charge is -2.30. The molecule has 2 rings (SSSR count). The third-order valence-corrected chi connectivity index (χ3v) is 4.61. The first-order chi connectivity index (χ1) is 9.88. The van der Waals surface area contributed by atoms with Crippen molar-refractivity contribution in [2.75, 3.05) is 13.1 Å². The minimum absolute atomic E-state index is 0.178. The van der Waals surface area contributed by atoms with Crippen LogP contribution in [0.2, 0.25) is 0 Å². The summed E-state index contributed by atoms with van der Waals surface area (Å²) in [6.07, 6.45) is 1.99. The number of aliphatic hydroxyl groups is 1. The van der Waals surface area contributed by atoms with Gasteiger partial charge in [-0.1, -0.05) is 51.1 Å². The number of likely N-dealkylation sites (tertiary alicyclic amines) is 1. The number of carbonyl (C=O) groups is 1. The van der Waals surface area contributed by atoms with E-state index in [9.17, 15) is 9.90 Å². The number of aliphatic hydroxyl groups excluding tert-OH is 1. The Kier molecular flexibility index (Phi) is 5.04. The maximum absolute atomic E-state index is 12.3. The van der Waals surface area contributed by atoms with Crippen LogP contribution in [0.25, 0.3) is 0 Å². The Bertz CT molecular complexity index is 464. The van der Waals surface area contributed by atoms with Gasteiger partial charge in [0, 0.05) is 13.0 Å². The molecule has 2 unspecified atom stereocenters. The van der Waals surface area contributed by atoms with Crippen LogP contribution in [-0.4, -0.2) is 29.0 Å². The summed E-state index contributed by atoms with van der Waals surface area (Å²) in [6, 6.07) is 9.58. The number of β-amino-alcohol motifs (C(OH)–C–C–N with tert-alkyl or cyclic N) is 1. The van der Waals surface area contributed by atoms with E-state index in [0.29, 0.717) is 18.9 Å². The van der Waals surface area contributed by atoms with E-state index in [1.807, 2.05) is 35.2 Å². The van der Waals surface area contributed by atoms with Crippen molar-refractivity contribution < 1.29 is 9.90 Å². The standard InChI is InChI=1S/C18H27NO2/c1-18(2,3)15-9-10-17(21)19(12-11-15)13-16(20)14-7-5-4-6-8-14/h4-8,15-16,20H,9-13H2,1-3H3. The van der Waals surface area contributed by atoms with Gasteiger partial charge in [0.15, 0.2) is 0 Å². The van der Waals surface area contributed by atoms with Crippen molar-refractivity contribution in [1.82, 2.24) is 4.90 Å². The number of hydrogen-bond acceptors (Lipinski definition) is 2. The lowest BCUT2D eigenvalue weighted by Crippen LogP contribution is -2.34. The van der Waals surface area contributed by atoms with Crippen molar-refractivity contribution >= 4 is 5.91 Å². The van der Waals surface area contributed by atoms with Crippen LogP contribution in [0, 0.1) is 11.3 Å². The Balaban J connectivity index is 1.99. The Morgan fingerprint density at radius 2 is 1.90 bits per heavy atom. The van der Waals surface area contributed by atoms with E-state index < -0.39 is 6.10 Å². The predicted octanol–water partition coefficient (Wildman–Crippen LogP) is 3.39. The highest BCUT2D eigenvalue weighted by Gasteiger charge is 2.30. The Morgan fingerprint density at radius 1 is 1.24 bits per heavy atom. The van der Waals surface area contributed by atoms with E-state index in [2.05, 4.69) is 20.8 Å². The Hall–Kier alpha value is -1.35. The van der Waals surface area contributed by atoms with Crippen molar-refractivity contribution in [2.24, 2.45) is 11.3 Å². The quantitative estimate of drug-likeness (QED) is 0.926. The van der Waals surface area contributed by atoms with Gasteiger partial charge in [0.25, 0.3) is 0 Å². The van der Waals surface area contributed by atoms with Crippen LogP contribution in [0.15, 0.2) is 30.3 Å². The average molecular weight is 289 g/mol. The molecule has 0 spiro atoms. The van der Waals surface area contributed by atoms with Gasteiger partial charge in [-0.25, -0.2) is 0 Å². The number of amides is 1. The molecule has 0 aromatic heterocycles. The SMILES string of the molecule is CC(C)(C)C1CCC(=O)N(CC(O)c2ccccc2)CC1. The minimum Gasteiger partial charge on any atom is -0.387 e. The van der Waals surface area contributed by atoms with E-state index in [1.165, 1.54) is 0 Å². The lowest BCUT2D eigenvalue weighted by atomic mass is 9.77. The summed E-state index contributed by atoms with van der Waals surface area (Å²) < 4.78 is 0. The molecule has 2 atom stereocenters. The fraction of sp³-hybridized carbons (Fsp3) is 0.611. The van der Waals surface area contributed by atoms with Gasteiger partial charge >= 0.3 is 0 Å². The number of nitrogens with zero attached hydrogens (tertiary/aromatic N) is 1. The highest BCUT2D eigenvalue weighted by atomic mass is 16.3. The third-order valence-electron chi connectivity index (χ3n) is 4.61. The van der Waals surface area contributed by atoms with E-state index >= 15 is 0 Å². The van der Waals surface area contributed by atoms with Crippen LogP contribution in [0.5, 0.6) is 0 Å². The molecule has 1 fully saturated rings. The van der Waals surface area contributed by atoms with Gasteiger partial charge in [-0.3, -0.25) is 4.79 Å². The minimum atomic E-state index is -0.596. The molecule has 1 aromatic rings. The van der Waals surface area contributed by atoms with Gasteiger partial charge in [0.05, 0.1) is 12.6 Å². The summed E-state index contributed by atoms with van der Waals surface area (Å²) >= 11 is 0. The molecule has 1 aliphatic rings. The molecule has 0 aliphatic carbocycles. The number of rotatable bonds is 3. The molecule has 1 aliphatic heterocycles. The molecule has 0 bridgehead atoms. The van der Waals surface area contributed by atoms with E-state index in [4.69, 9.17) is 0 Å². The number of carbonyl (C=O) groups excluding carboxylic acids is 1. The molecule has 1 N–H and O–H groups in total. The molecule has 3 heteroatoms. The van der Waals surface area contributed by atoms with Gasteiger partial charge in [-0.05, 0) is 29.7 Å². The van der Waals surface area contributed by atoms with Crippen molar-refractivity contribution in [3.8, 4) is 0 Å². The fourth-order valence-electron chi connectivity index (χ4n) is 3.09. The topological polar surface area (TPSA) is 40.5 Å². The second-order valence-electron chi connectivity index (χ2n) is 7.16. The molecule has 1 aromatic carbocycles. The second-order valence-corrected chi connectivity index (χ2v) is 7.16. The molecule has 21 heavy (non-hydrogen) atoms. The normalized spacial score (nSPS) is 22.0. The molecule has 1 amide bonds. The smallest absolute Gasteiger partial charge is 0.222 e. The third kappa shape index (κ3) is 4.31. The highest BCUT2D eigenvalue weighted by Crippen LogP contribution is 2.34. The van der Waals surface area contributed by atoms with Crippen molar-refractivity contribution in [2.45, 2.75) is 46.1 Å². The highest BCUT2D eigenvalue weighted by molar-refractivity contribution is 5.76. The van der Waals surface area contributed by atoms with Crippen LogP contribution in [-0.2, 0) is 4.79 Å². The molecule has 0 radical (unpaired) electrons. The first-order valence-electron chi connectivity index (χ1n) is 7.88. The van der Waals surface area contributed by atoms with Crippen LogP contribution < -0.4 is 0 Å². The van der Waals surface area contributed by atoms with Crippen molar-refractivity contribution in [1.29, 1.82) is 0 Å². The van der Waals surface area contributed by atoms with E-state index in [-0.39, 0.29) is 11.3 Å². The maximum atomic E-state index is 12.3. The zero-order valence-electron chi connectivity index (χ0n) is 13.4. The Morgan fingerprint density at radius 3 is 2.52 bits per heavy atom. The fourth-order valence-corrected chi connectivity index (χ4v) is 3.09. The summed E-state index contributed by atoms with van der Waals surface area (Å²) in [6.45, 7) is 7.90. The van der Waals surface area contributed by atoms with Crippen LogP contribution in [0.1, 0.15) is 51.7 Å². The molecule has 3 nitrogen and oxygen atoms in total. The summed E-state index contributed by atoms with van der Waals surface area (Å²) in [7, 11) is 0. The van der Waals surface area contributed by atoms with Crippen LogP contribution >= 0.6 is 0 Å². The van der Waals surface area contributed by atoms with Gasteiger partial charge in [0.2, 0.25) is 5.91 Å². The first-order valence-corrected chi connectivity index (χ1v) is 7.88. The molecular weight excluding hydrogens is 262 g/mol. The summed E-state index contributed by atoms with van der Waals surface area (Å²) in [5.74, 6) is 0.747. The van der Waals surface area contributed by atoms with Gasteiger partial charge in [0.1, 0.15) is 0 Å². The zero-order valence-corrected chi connectivity index (χ0v) is 13.4.